The summed E-state index contributed by atoms with van der Waals surface area (Å²) in [6, 6.07) is 24.6. The summed E-state index contributed by atoms with van der Waals surface area (Å²) in [7, 11) is 0. The first-order valence-corrected chi connectivity index (χ1v) is 13.1. The number of furan rings is 1. The van der Waals surface area contributed by atoms with Gasteiger partial charge in [-0.2, -0.15) is 0 Å². The summed E-state index contributed by atoms with van der Waals surface area (Å²) in [5.74, 6) is 1.03. The maximum absolute atomic E-state index is 13.8. The van der Waals surface area contributed by atoms with Crippen LogP contribution in [0.15, 0.2) is 109 Å². The predicted octanol–water partition coefficient (Wildman–Crippen LogP) is 7.30. The Morgan fingerprint density at radius 1 is 1.00 bits per heavy atom. The van der Waals surface area contributed by atoms with Crippen LogP contribution in [0.2, 0.25) is 0 Å². The van der Waals surface area contributed by atoms with Gasteiger partial charge in [-0.05, 0) is 83.5 Å². The van der Waals surface area contributed by atoms with E-state index in [0.29, 0.717) is 33.9 Å². The van der Waals surface area contributed by atoms with Crippen molar-refractivity contribution in [1.82, 2.24) is 14.5 Å². The minimum atomic E-state index is -0.603. The number of halogens is 2. The van der Waals surface area contributed by atoms with Crippen molar-refractivity contribution in [3.63, 3.8) is 0 Å². The van der Waals surface area contributed by atoms with Gasteiger partial charge in [0.05, 0.1) is 41.1 Å². The summed E-state index contributed by atoms with van der Waals surface area (Å²) >= 11 is 6.95. The Labute approximate surface area is 230 Å². The number of hydrogen-bond acceptors (Lipinski definition) is 4. The van der Waals surface area contributed by atoms with Crippen molar-refractivity contribution in [2.24, 2.45) is 0 Å². The van der Waals surface area contributed by atoms with Gasteiger partial charge in [-0.25, -0.2) is 9.78 Å². The lowest BCUT2D eigenvalue weighted by Crippen LogP contribution is -2.39. The number of urea groups is 1. The second-order valence-corrected chi connectivity index (χ2v) is 10.2. The smallest absolute Gasteiger partial charge is 0.322 e. The first-order chi connectivity index (χ1) is 17.9. The number of aromatic nitrogens is 2. The second-order valence-electron chi connectivity index (χ2n) is 8.40. The summed E-state index contributed by atoms with van der Waals surface area (Å²) in [4.78, 5) is 33.9. The van der Waals surface area contributed by atoms with Gasteiger partial charge in [0, 0.05) is 8.95 Å². The van der Waals surface area contributed by atoms with Gasteiger partial charge >= 0.3 is 6.03 Å². The molecule has 1 N–H and O–H groups in total. The lowest BCUT2D eigenvalue weighted by atomic mass is 10.2. The van der Waals surface area contributed by atoms with Crippen molar-refractivity contribution in [3.05, 3.63) is 122 Å². The van der Waals surface area contributed by atoms with Crippen LogP contribution in [0, 0.1) is 0 Å². The van der Waals surface area contributed by atoms with Gasteiger partial charge < -0.3 is 14.6 Å². The highest BCUT2D eigenvalue weighted by molar-refractivity contribution is 9.10. The van der Waals surface area contributed by atoms with E-state index in [1.807, 2.05) is 67.6 Å². The fraction of sp³-hybridized carbons (Fsp3) is 0.107. The van der Waals surface area contributed by atoms with Crippen LogP contribution in [0.25, 0.3) is 16.6 Å². The fourth-order valence-corrected chi connectivity index (χ4v) is 4.76. The van der Waals surface area contributed by atoms with Crippen LogP contribution in [0.4, 0.5) is 10.5 Å². The lowest BCUT2D eigenvalue weighted by Gasteiger charge is -2.30. The molecular formula is C28H22Br2N4O3. The number of anilines is 1. The summed E-state index contributed by atoms with van der Waals surface area (Å²) in [5.41, 5.74) is 1.63. The molecule has 37 heavy (non-hydrogen) atoms. The molecule has 7 nitrogen and oxygen atoms in total. The molecule has 1 atom stereocenters. The minimum Gasteiger partial charge on any atom is -0.467 e. The molecule has 2 amide bonds. The van der Waals surface area contributed by atoms with E-state index in [0.717, 1.165) is 8.95 Å². The molecule has 5 rings (SSSR count). The van der Waals surface area contributed by atoms with Crippen molar-refractivity contribution in [2.45, 2.75) is 19.5 Å². The number of carbonyl (C=O) groups is 1. The second kappa shape index (κ2) is 10.7. The van der Waals surface area contributed by atoms with E-state index in [9.17, 15) is 9.59 Å². The molecule has 0 saturated heterocycles. The van der Waals surface area contributed by atoms with Crippen LogP contribution in [0.5, 0.6) is 0 Å². The van der Waals surface area contributed by atoms with Gasteiger partial charge in [0.1, 0.15) is 11.6 Å². The van der Waals surface area contributed by atoms with Crippen molar-refractivity contribution in [3.8, 4) is 5.69 Å². The largest absolute Gasteiger partial charge is 0.467 e. The number of nitrogens with one attached hydrogen (secondary N) is 1. The molecule has 0 bridgehead atoms. The van der Waals surface area contributed by atoms with Gasteiger partial charge in [-0.1, -0.05) is 40.2 Å². The topological polar surface area (TPSA) is 80.4 Å². The van der Waals surface area contributed by atoms with Crippen LogP contribution in [-0.2, 0) is 6.54 Å². The molecule has 1 unspecified atom stereocenters. The van der Waals surface area contributed by atoms with E-state index in [1.165, 1.54) is 0 Å². The average Bonchev–Trinajstić information content (AvgIpc) is 3.42. The van der Waals surface area contributed by atoms with Crippen molar-refractivity contribution < 1.29 is 9.21 Å². The zero-order chi connectivity index (χ0) is 25.9. The third kappa shape index (κ3) is 5.23. The number of hydrogen-bond donors (Lipinski definition) is 1. The van der Waals surface area contributed by atoms with Crippen LogP contribution in [0.3, 0.4) is 0 Å². The molecule has 0 saturated carbocycles. The van der Waals surface area contributed by atoms with Crippen molar-refractivity contribution in [1.29, 1.82) is 0 Å². The van der Waals surface area contributed by atoms with Gasteiger partial charge in [-0.15, -0.1) is 0 Å². The Morgan fingerprint density at radius 3 is 2.46 bits per heavy atom. The Kier molecular flexibility index (Phi) is 7.25. The summed E-state index contributed by atoms with van der Waals surface area (Å²) < 4.78 is 8.78. The first-order valence-electron chi connectivity index (χ1n) is 11.5. The maximum Gasteiger partial charge on any atom is 0.322 e. The van der Waals surface area contributed by atoms with Crippen molar-refractivity contribution in [2.75, 3.05) is 5.32 Å². The number of fused-ring (bicyclic) bond motifs is 1. The average molecular weight is 622 g/mol. The van der Waals surface area contributed by atoms with Crippen molar-refractivity contribution >= 4 is 54.5 Å². The van der Waals surface area contributed by atoms with E-state index in [4.69, 9.17) is 9.40 Å². The molecule has 0 aliphatic rings. The monoisotopic (exact) mass is 620 g/mol. The highest BCUT2D eigenvalue weighted by atomic mass is 79.9. The summed E-state index contributed by atoms with van der Waals surface area (Å²) in [6.45, 7) is 2.03. The summed E-state index contributed by atoms with van der Waals surface area (Å²) in [5, 5.41) is 3.47. The lowest BCUT2D eigenvalue weighted by molar-refractivity contribution is 0.179. The first kappa shape index (κ1) is 25.0. The number of nitrogens with zero attached hydrogens (tertiary/aromatic N) is 3. The van der Waals surface area contributed by atoms with Gasteiger partial charge in [0.2, 0.25) is 0 Å². The number of para-hydroxylation sites is 2. The minimum absolute atomic E-state index is 0.174. The standard InChI is InChI=1S/C28H22Br2N4O3/c1-18(33(17-21-7-6-16-37-21)28(36)32-25-11-5-3-9-23(25)30)26-31-24-10-4-2-8-22(24)27(35)34(26)20-14-12-19(29)13-15-20/h2-16,18H,17H2,1H3,(H,32,36). The number of amides is 2. The van der Waals surface area contributed by atoms with Gasteiger partial charge in [0.25, 0.3) is 5.56 Å². The molecule has 5 aromatic rings. The molecule has 2 aromatic heterocycles. The third-order valence-electron chi connectivity index (χ3n) is 6.01. The number of carbonyl (C=O) groups excluding carboxylic acids is 1. The third-order valence-corrected chi connectivity index (χ3v) is 7.23. The molecule has 0 aliphatic heterocycles. The zero-order valence-corrected chi connectivity index (χ0v) is 22.9. The zero-order valence-electron chi connectivity index (χ0n) is 19.8. The molecule has 0 radical (unpaired) electrons. The van der Waals surface area contributed by atoms with Gasteiger partial charge in [0.15, 0.2) is 0 Å². The van der Waals surface area contributed by atoms with E-state index >= 15 is 0 Å². The van der Waals surface area contributed by atoms with Crippen LogP contribution < -0.4 is 10.9 Å². The SMILES string of the molecule is CC(c1nc2ccccc2c(=O)n1-c1ccc(Br)cc1)N(Cc1ccco1)C(=O)Nc1ccccc1Br. The molecule has 3 aromatic carbocycles. The van der Waals surface area contributed by atoms with Crippen LogP contribution >= 0.6 is 31.9 Å². The quantitative estimate of drug-likeness (QED) is 0.216. The van der Waals surface area contributed by atoms with E-state index in [-0.39, 0.29) is 18.1 Å². The fourth-order valence-electron chi connectivity index (χ4n) is 4.11. The molecule has 0 spiro atoms. The Morgan fingerprint density at radius 2 is 1.73 bits per heavy atom. The number of rotatable bonds is 6. The van der Waals surface area contributed by atoms with Crippen LogP contribution in [-0.4, -0.2) is 20.5 Å². The maximum atomic E-state index is 13.8. The van der Waals surface area contributed by atoms with E-state index < -0.39 is 6.04 Å². The molecular weight excluding hydrogens is 600 g/mol. The normalized spacial score (nSPS) is 11.9. The molecule has 0 aliphatic carbocycles. The van der Waals surface area contributed by atoms with E-state index in [1.54, 1.807) is 40.0 Å². The van der Waals surface area contributed by atoms with Gasteiger partial charge in [-0.3, -0.25) is 9.36 Å². The Hall–Kier alpha value is -3.69. The Balaban J connectivity index is 1.64. The highest BCUT2D eigenvalue weighted by Gasteiger charge is 2.28. The summed E-state index contributed by atoms with van der Waals surface area (Å²) in [6.07, 6.45) is 1.57. The molecule has 9 heteroatoms. The molecule has 2 heterocycles. The number of benzene rings is 3. The Bertz CT molecular complexity index is 1620. The highest BCUT2D eigenvalue weighted by Crippen LogP contribution is 2.28. The van der Waals surface area contributed by atoms with E-state index in [2.05, 4.69) is 37.2 Å². The predicted molar refractivity (Wildman–Crippen MR) is 151 cm³/mol. The van der Waals surface area contributed by atoms with Crippen LogP contribution in [0.1, 0.15) is 24.6 Å². The molecule has 0 fully saturated rings. The molecule has 186 valence electrons.